The van der Waals surface area contributed by atoms with Gasteiger partial charge in [-0.2, -0.15) is 5.26 Å². The minimum atomic E-state index is -0.419. The van der Waals surface area contributed by atoms with Gasteiger partial charge < -0.3 is 20.3 Å². The van der Waals surface area contributed by atoms with Crippen LogP contribution in [0.25, 0.3) is 0 Å². The Labute approximate surface area is 163 Å². The molecule has 28 heavy (non-hydrogen) atoms. The Morgan fingerprint density at radius 3 is 2.61 bits per heavy atom. The van der Waals surface area contributed by atoms with Gasteiger partial charge in [0, 0.05) is 11.6 Å². The summed E-state index contributed by atoms with van der Waals surface area (Å²) in [4.78, 5) is 26.2. The molecule has 1 aliphatic rings. The maximum absolute atomic E-state index is 12.4. The molecule has 3 rings (SSSR count). The molecular weight excluding hydrogens is 356 g/mol. The number of benzene rings is 2. The number of nitriles is 1. The highest BCUT2D eigenvalue weighted by molar-refractivity contribution is 5.99. The van der Waals surface area contributed by atoms with Crippen LogP contribution in [0.2, 0.25) is 0 Å². The maximum Gasteiger partial charge on any atom is 0.319 e. The van der Waals surface area contributed by atoms with Gasteiger partial charge in [-0.05, 0) is 32.4 Å². The van der Waals surface area contributed by atoms with E-state index < -0.39 is 11.6 Å². The highest BCUT2D eigenvalue weighted by Crippen LogP contribution is 2.37. The Hall–Kier alpha value is -3.53. The quantitative estimate of drug-likeness (QED) is 0.856. The number of hydrogen-bond acceptors (Lipinski definition) is 4. The molecule has 0 bridgehead atoms. The summed E-state index contributed by atoms with van der Waals surface area (Å²) < 4.78 is 5.55. The number of rotatable bonds is 3. The first-order chi connectivity index (χ1) is 13.3. The van der Waals surface area contributed by atoms with Crippen LogP contribution in [-0.2, 0) is 11.3 Å². The number of carbonyl (C=O) groups is 2. The summed E-state index contributed by atoms with van der Waals surface area (Å²) >= 11 is 0. The van der Waals surface area contributed by atoms with Crippen LogP contribution in [0.1, 0.15) is 31.9 Å². The first kappa shape index (κ1) is 19.2. The highest BCUT2D eigenvalue weighted by Gasteiger charge is 2.28. The van der Waals surface area contributed by atoms with Crippen molar-refractivity contribution in [2.24, 2.45) is 0 Å². The third-order valence-corrected chi connectivity index (χ3v) is 4.08. The molecule has 2 N–H and O–H groups in total. The average Bonchev–Trinajstić information content (AvgIpc) is 2.63. The summed E-state index contributed by atoms with van der Waals surface area (Å²) in [7, 11) is 0. The molecule has 0 atom stereocenters. The molecule has 7 heteroatoms. The molecule has 0 radical (unpaired) electrons. The van der Waals surface area contributed by atoms with E-state index >= 15 is 0 Å². The summed E-state index contributed by atoms with van der Waals surface area (Å²) in [5.41, 5.74) is 1.64. The molecule has 0 saturated carbocycles. The van der Waals surface area contributed by atoms with Gasteiger partial charge in [-0.25, -0.2) is 4.79 Å². The lowest BCUT2D eigenvalue weighted by Crippen LogP contribution is -2.43. The van der Waals surface area contributed by atoms with Gasteiger partial charge in [-0.15, -0.1) is 0 Å². The predicted octanol–water partition coefficient (Wildman–Crippen LogP) is 3.40. The molecule has 3 amide bonds. The summed E-state index contributed by atoms with van der Waals surface area (Å²) in [6.07, 6.45) is 0. The summed E-state index contributed by atoms with van der Waals surface area (Å²) in [5.74, 6) is 0.256. The SMILES string of the molecule is CC(C)(C)NC(=O)Nc1cc2c(cc1C#N)N(Cc1ccccc1)C(=O)CO2. The van der Waals surface area contributed by atoms with E-state index in [1.165, 1.54) is 0 Å². The van der Waals surface area contributed by atoms with Gasteiger partial charge in [0.25, 0.3) is 5.91 Å². The minimum absolute atomic E-state index is 0.0979. The Morgan fingerprint density at radius 2 is 1.96 bits per heavy atom. The van der Waals surface area contributed by atoms with Crippen molar-refractivity contribution in [1.29, 1.82) is 5.26 Å². The van der Waals surface area contributed by atoms with Gasteiger partial charge in [0.1, 0.15) is 11.8 Å². The van der Waals surface area contributed by atoms with E-state index in [1.807, 2.05) is 51.1 Å². The number of fused-ring (bicyclic) bond motifs is 1. The van der Waals surface area contributed by atoms with Crippen LogP contribution in [-0.4, -0.2) is 24.1 Å². The largest absolute Gasteiger partial charge is 0.481 e. The molecule has 0 saturated heterocycles. The van der Waals surface area contributed by atoms with Crippen LogP contribution in [0.15, 0.2) is 42.5 Å². The lowest BCUT2D eigenvalue weighted by molar-refractivity contribution is -0.121. The molecular formula is C21H22N4O3. The number of amides is 3. The number of urea groups is 1. The fourth-order valence-electron chi connectivity index (χ4n) is 2.88. The fourth-order valence-corrected chi connectivity index (χ4v) is 2.88. The van der Waals surface area contributed by atoms with E-state index in [4.69, 9.17) is 4.74 Å². The zero-order chi connectivity index (χ0) is 20.3. The Kier molecular flexibility index (Phi) is 5.23. The molecule has 0 aliphatic carbocycles. The third-order valence-electron chi connectivity index (χ3n) is 4.08. The van der Waals surface area contributed by atoms with Gasteiger partial charge in [0.2, 0.25) is 0 Å². The van der Waals surface area contributed by atoms with Gasteiger partial charge in [-0.1, -0.05) is 30.3 Å². The van der Waals surface area contributed by atoms with E-state index in [-0.39, 0.29) is 18.1 Å². The van der Waals surface area contributed by atoms with Crippen molar-refractivity contribution in [3.8, 4) is 11.8 Å². The van der Waals surface area contributed by atoms with Crippen molar-refractivity contribution < 1.29 is 14.3 Å². The lowest BCUT2D eigenvalue weighted by Gasteiger charge is -2.30. The summed E-state index contributed by atoms with van der Waals surface area (Å²) in [6, 6.07) is 14.4. The number of carbonyl (C=O) groups excluding carboxylic acids is 2. The second-order valence-corrected chi connectivity index (χ2v) is 7.56. The molecule has 2 aromatic carbocycles. The van der Waals surface area contributed by atoms with Crippen LogP contribution in [0.4, 0.5) is 16.2 Å². The van der Waals surface area contributed by atoms with Crippen LogP contribution < -0.4 is 20.3 Å². The molecule has 0 fully saturated rings. The molecule has 1 heterocycles. The van der Waals surface area contributed by atoms with E-state index in [0.717, 1.165) is 5.56 Å². The van der Waals surface area contributed by atoms with E-state index in [2.05, 4.69) is 16.7 Å². The minimum Gasteiger partial charge on any atom is -0.481 e. The monoisotopic (exact) mass is 378 g/mol. The molecule has 2 aromatic rings. The fraction of sp³-hybridized carbons (Fsp3) is 0.286. The van der Waals surface area contributed by atoms with Crippen LogP contribution >= 0.6 is 0 Å². The van der Waals surface area contributed by atoms with Crippen LogP contribution in [0, 0.1) is 11.3 Å². The average molecular weight is 378 g/mol. The first-order valence-corrected chi connectivity index (χ1v) is 8.91. The normalized spacial score (nSPS) is 13.2. The second-order valence-electron chi connectivity index (χ2n) is 7.56. The standard InChI is InChI=1S/C21H22N4O3/c1-21(2,3)24-20(27)23-16-10-18-17(9-15(16)11-22)25(19(26)13-28-18)12-14-7-5-4-6-8-14/h4-10H,12-13H2,1-3H3,(H2,23,24,27). The molecule has 0 unspecified atom stereocenters. The number of anilines is 2. The van der Waals surface area contributed by atoms with Crippen LogP contribution in [0.3, 0.4) is 0 Å². The van der Waals surface area contributed by atoms with Crippen molar-refractivity contribution >= 4 is 23.3 Å². The van der Waals surface area contributed by atoms with Crippen molar-refractivity contribution in [3.63, 3.8) is 0 Å². The van der Waals surface area contributed by atoms with Crippen molar-refractivity contribution in [2.45, 2.75) is 32.9 Å². The van der Waals surface area contributed by atoms with Gasteiger partial charge in [-0.3, -0.25) is 4.79 Å². The maximum atomic E-state index is 12.4. The first-order valence-electron chi connectivity index (χ1n) is 8.91. The van der Waals surface area contributed by atoms with Crippen molar-refractivity contribution in [3.05, 3.63) is 53.6 Å². The van der Waals surface area contributed by atoms with Gasteiger partial charge in [0.05, 0.1) is 23.5 Å². The Balaban J connectivity index is 1.92. The third kappa shape index (κ3) is 4.41. The molecule has 0 spiro atoms. The van der Waals surface area contributed by atoms with E-state index in [1.54, 1.807) is 17.0 Å². The van der Waals surface area contributed by atoms with Gasteiger partial charge in [0.15, 0.2) is 6.61 Å². The topological polar surface area (TPSA) is 94.5 Å². The molecule has 1 aliphatic heterocycles. The molecule has 0 aromatic heterocycles. The van der Waals surface area contributed by atoms with Crippen molar-refractivity contribution in [2.75, 3.05) is 16.8 Å². The number of ether oxygens (including phenoxy) is 1. The van der Waals surface area contributed by atoms with E-state index in [9.17, 15) is 14.9 Å². The molecule has 144 valence electrons. The Morgan fingerprint density at radius 1 is 1.25 bits per heavy atom. The smallest absolute Gasteiger partial charge is 0.319 e. The van der Waals surface area contributed by atoms with E-state index in [0.29, 0.717) is 23.7 Å². The number of hydrogen-bond donors (Lipinski definition) is 2. The Bertz CT molecular complexity index is 943. The molecule has 7 nitrogen and oxygen atoms in total. The zero-order valence-electron chi connectivity index (χ0n) is 16.1. The number of nitrogens with zero attached hydrogens (tertiary/aromatic N) is 2. The van der Waals surface area contributed by atoms with Gasteiger partial charge >= 0.3 is 6.03 Å². The lowest BCUT2D eigenvalue weighted by atomic mass is 10.1. The number of nitrogens with one attached hydrogen (secondary N) is 2. The zero-order valence-corrected chi connectivity index (χ0v) is 16.1. The predicted molar refractivity (Wildman–Crippen MR) is 106 cm³/mol. The summed E-state index contributed by atoms with van der Waals surface area (Å²) in [6.45, 7) is 5.86. The van der Waals surface area contributed by atoms with Crippen LogP contribution in [0.5, 0.6) is 5.75 Å². The van der Waals surface area contributed by atoms with Crippen molar-refractivity contribution in [1.82, 2.24) is 5.32 Å². The highest BCUT2D eigenvalue weighted by atomic mass is 16.5. The summed E-state index contributed by atoms with van der Waals surface area (Å²) in [5, 5.41) is 15.0. The second kappa shape index (κ2) is 7.61.